The Balaban J connectivity index is 1.55. The van der Waals surface area contributed by atoms with E-state index in [2.05, 4.69) is 16.0 Å². The maximum absolute atomic E-state index is 13.1. The molecule has 9 nitrogen and oxygen atoms in total. The fraction of sp³-hybridized carbons (Fsp3) is 0.409. The number of rotatable bonds is 7. The summed E-state index contributed by atoms with van der Waals surface area (Å²) in [5.41, 5.74) is 1.52. The summed E-state index contributed by atoms with van der Waals surface area (Å²) in [7, 11) is -3.72. The van der Waals surface area contributed by atoms with Gasteiger partial charge in [0.05, 0.1) is 35.6 Å². The second kappa shape index (κ2) is 10.7. The van der Waals surface area contributed by atoms with Gasteiger partial charge >= 0.3 is 6.03 Å². The number of morpholine rings is 1. The lowest BCUT2D eigenvalue weighted by Crippen LogP contribution is -2.40. The molecule has 0 saturated carbocycles. The first kappa shape index (κ1) is 23.8. The first-order valence-corrected chi connectivity index (χ1v) is 12.6. The van der Waals surface area contributed by atoms with Gasteiger partial charge in [0.1, 0.15) is 0 Å². The second-order valence-electron chi connectivity index (χ2n) is 7.83. The maximum atomic E-state index is 13.1. The van der Waals surface area contributed by atoms with Gasteiger partial charge in [-0.15, -0.1) is 0 Å². The number of ether oxygens (including phenoxy) is 2. The van der Waals surface area contributed by atoms with E-state index < -0.39 is 16.1 Å². The van der Waals surface area contributed by atoms with Crippen LogP contribution in [0.15, 0.2) is 47.4 Å². The number of halogens is 1. The number of benzene rings is 2. The minimum absolute atomic E-state index is 0.0810. The molecule has 2 amide bonds. The van der Waals surface area contributed by atoms with Crippen molar-refractivity contribution in [3.05, 3.63) is 47.5 Å². The van der Waals surface area contributed by atoms with E-state index in [1.807, 2.05) is 0 Å². The number of sulfonamides is 1. The molecule has 0 radical (unpaired) electrons. The van der Waals surface area contributed by atoms with Gasteiger partial charge in [-0.1, -0.05) is 11.6 Å². The van der Waals surface area contributed by atoms with Crippen LogP contribution in [0.25, 0.3) is 0 Å². The summed E-state index contributed by atoms with van der Waals surface area (Å²) >= 11 is 5.90. The third-order valence-corrected chi connectivity index (χ3v) is 7.64. The van der Waals surface area contributed by atoms with Crippen LogP contribution in [0, 0.1) is 0 Å². The number of urea groups is 1. The van der Waals surface area contributed by atoms with E-state index in [0.29, 0.717) is 54.9 Å². The van der Waals surface area contributed by atoms with Gasteiger partial charge in [0, 0.05) is 37.0 Å². The van der Waals surface area contributed by atoms with E-state index in [-0.39, 0.29) is 11.0 Å². The quantitative estimate of drug-likeness (QED) is 0.542. The highest BCUT2D eigenvalue weighted by Crippen LogP contribution is 2.29. The molecule has 2 fully saturated rings. The van der Waals surface area contributed by atoms with Gasteiger partial charge in [-0.2, -0.15) is 4.31 Å². The Hall–Kier alpha value is -2.37. The van der Waals surface area contributed by atoms with Crippen LogP contribution in [0.2, 0.25) is 5.02 Å². The van der Waals surface area contributed by atoms with E-state index in [0.717, 1.165) is 19.4 Å². The van der Waals surface area contributed by atoms with Crippen molar-refractivity contribution in [3.63, 3.8) is 0 Å². The fourth-order valence-corrected chi connectivity index (χ4v) is 5.29. The molecule has 2 saturated heterocycles. The zero-order chi connectivity index (χ0) is 23.3. The van der Waals surface area contributed by atoms with Crippen molar-refractivity contribution >= 4 is 44.7 Å². The van der Waals surface area contributed by atoms with Crippen LogP contribution in [0.3, 0.4) is 0 Å². The van der Waals surface area contributed by atoms with E-state index in [4.69, 9.17) is 21.1 Å². The third-order valence-electron chi connectivity index (χ3n) is 5.49. The normalized spacial score (nSPS) is 19.2. The van der Waals surface area contributed by atoms with Crippen molar-refractivity contribution in [2.24, 2.45) is 0 Å². The molecule has 0 bridgehead atoms. The summed E-state index contributed by atoms with van der Waals surface area (Å²) in [5, 5.41) is 9.33. The average molecular weight is 495 g/mol. The monoisotopic (exact) mass is 494 g/mol. The summed E-state index contributed by atoms with van der Waals surface area (Å²) in [6, 6.07) is 10.9. The molecule has 4 rings (SSSR count). The van der Waals surface area contributed by atoms with Crippen molar-refractivity contribution in [3.8, 4) is 0 Å². The summed E-state index contributed by atoms with van der Waals surface area (Å²) in [4.78, 5) is 12.8. The zero-order valence-electron chi connectivity index (χ0n) is 18.1. The molecule has 178 valence electrons. The van der Waals surface area contributed by atoms with Gasteiger partial charge in [0.15, 0.2) is 0 Å². The Morgan fingerprint density at radius 2 is 1.79 bits per heavy atom. The van der Waals surface area contributed by atoms with Crippen molar-refractivity contribution < 1.29 is 22.7 Å². The van der Waals surface area contributed by atoms with Crippen LogP contribution < -0.4 is 16.0 Å². The molecular formula is C22H27ClN4O5S. The Kier molecular flexibility index (Phi) is 7.71. The summed E-state index contributed by atoms with van der Waals surface area (Å²) in [6.45, 7) is 2.59. The molecular weight excluding hydrogens is 468 g/mol. The summed E-state index contributed by atoms with van der Waals surface area (Å²) in [6.07, 6.45) is 2.05. The minimum atomic E-state index is -3.72. The maximum Gasteiger partial charge on any atom is 0.323 e. The van der Waals surface area contributed by atoms with E-state index in [1.165, 1.54) is 10.4 Å². The fourth-order valence-electron chi connectivity index (χ4n) is 3.72. The van der Waals surface area contributed by atoms with Crippen LogP contribution in [0.4, 0.5) is 21.9 Å². The molecule has 2 aromatic rings. The third kappa shape index (κ3) is 6.15. The highest BCUT2D eigenvalue weighted by molar-refractivity contribution is 7.89. The summed E-state index contributed by atoms with van der Waals surface area (Å²) in [5.74, 6) is 0. The highest BCUT2D eigenvalue weighted by Gasteiger charge is 2.27. The molecule has 2 aromatic carbocycles. The van der Waals surface area contributed by atoms with Crippen LogP contribution >= 0.6 is 11.6 Å². The minimum Gasteiger partial charge on any atom is -0.381 e. The van der Waals surface area contributed by atoms with Crippen molar-refractivity contribution in [2.45, 2.75) is 23.8 Å². The number of amides is 2. The van der Waals surface area contributed by atoms with Gasteiger partial charge in [-0.25, -0.2) is 13.2 Å². The van der Waals surface area contributed by atoms with Crippen LogP contribution in [-0.4, -0.2) is 64.3 Å². The molecule has 2 heterocycles. The Morgan fingerprint density at radius 1 is 1.03 bits per heavy atom. The molecule has 2 aliphatic rings. The molecule has 33 heavy (non-hydrogen) atoms. The lowest BCUT2D eigenvalue weighted by atomic mass is 10.2. The molecule has 0 aliphatic carbocycles. The van der Waals surface area contributed by atoms with Gasteiger partial charge in [0.2, 0.25) is 10.0 Å². The average Bonchev–Trinajstić information content (AvgIpc) is 3.34. The Bertz CT molecular complexity index is 1070. The smallest absolute Gasteiger partial charge is 0.323 e. The topological polar surface area (TPSA) is 109 Å². The molecule has 0 unspecified atom stereocenters. The first-order chi connectivity index (χ1) is 15.9. The largest absolute Gasteiger partial charge is 0.381 e. The number of carbonyl (C=O) groups excluding carboxylic acids is 1. The lowest BCUT2D eigenvalue weighted by Gasteiger charge is -2.26. The van der Waals surface area contributed by atoms with E-state index in [1.54, 1.807) is 36.4 Å². The number of anilines is 3. The standard InChI is InChI=1S/C22H27ClN4O5S/c23-16-3-5-17(6-4-16)25-22(28)26-21-14-19(33(29,30)27-9-12-31-13-10-27)7-8-20(21)24-15-18-2-1-11-32-18/h3-8,14,18,24H,1-2,9-13,15H2,(H2,25,26,28)/t18-/m1/s1. The molecule has 3 N–H and O–H groups in total. The molecule has 11 heteroatoms. The predicted octanol–water partition coefficient (Wildman–Crippen LogP) is 3.60. The second-order valence-corrected chi connectivity index (χ2v) is 10.2. The number of nitrogens with one attached hydrogen (secondary N) is 3. The first-order valence-electron chi connectivity index (χ1n) is 10.8. The highest BCUT2D eigenvalue weighted by atomic mass is 35.5. The Morgan fingerprint density at radius 3 is 2.48 bits per heavy atom. The summed E-state index contributed by atoms with van der Waals surface area (Å²) < 4.78 is 38.5. The number of hydrogen-bond acceptors (Lipinski definition) is 6. The van der Waals surface area contributed by atoms with E-state index in [9.17, 15) is 13.2 Å². The SMILES string of the molecule is O=C(Nc1ccc(Cl)cc1)Nc1cc(S(=O)(=O)N2CCOCC2)ccc1NC[C@H]1CCCO1. The predicted molar refractivity (Wildman–Crippen MR) is 128 cm³/mol. The number of nitrogens with zero attached hydrogens (tertiary/aromatic N) is 1. The molecule has 2 aliphatic heterocycles. The van der Waals surface area contributed by atoms with E-state index >= 15 is 0 Å². The van der Waals surface area contributed by atoms with Crippen LogP contribution in [-0.2, 0) is 19.5 Å². The molecule has 0 spiro atoms. The van der Waals surface area contributed by atoms with Crippen molar-refractivity contribution in [2.75, 3.05) is 55.4 Å². The number of hydrogen-bond donors (Lipinski definition) is 3. The van der Waals surface area contributed by atoms with Gasteiger partial charge in [0.25, 0.3) is 0 Å². The van der Waals surface area contributed by atoms with Crippen molar-refractivity contribution in [1.82, 2.24) is 4.31 Å². The van der Waals surface area contributed by atoms with Gasteiger partial charge in [-0.05, 0) is 55.3 Å². The lowest BCUT2D eigenvalue weighted by molar-refractivity contribution is 0.0730. The van der Waals surface area contributed by atoms with Crippen LogP contribution in [0.5, 0.6) is 0 Å². The van der Waals surface area contributed by atoms with Gasteiger partial charge in [-0.3, -0.25) is 0 Å². The zero-order valence-corrected chi connectivity index (χ0v) is 19.6. The van der Waals surface area contributed by atoms with Crippen molar-refractivity contribution in [1.29, 1.82) is 0 Å². The molecule has 0 aromatic heterocycles. The Labute approximate surface area is 198 Å². The molecule has 1 atom stereocenters. The number of carbonyl (C=O) groups is 1. The van der Waals surface area contributed by atoms with Crippen LogP contribution in [0.1, 0.15) is 12.8 Å². The van der Waals surface area contributed by atoms with Gasteiger partial charge < -0.3 is 25.4 Å².